The van der Waals surface area contributed by atoms with Crippen LogP contribution in [-0.2, 0) is 4.79 Å². The molecule has 4 nitrogen and oxygen atoms in total. The molecule has 1 aromatic rings. The van der Waals surface area contributed by atoms with Crippen molar-refractivity contribution in [3.63, 3.8) is 0 Å². The quantitative estimate of drug-likeness (QED) is 0.644. The first-order valence-electron chi connectivity index (χ1n) is 4.44. The molecule has 2 rings (SSSR count). The molecule has 14 heavy (non-hydrogen) atoms. The summed E-state index contributed by atoms with van der Waals surface area (Å²) in [5.74, 6) is -1.52. The summed E-state index contributed by atoms with van der Waals surface area (Å²) in [6.45, 7) is 0.479. The van der Waals surface area contributed by atoms with E-state index < -0.39 is 12.1 Å². The summed E-state index contributed by atoms with van der Waals surface area (Å²) in [6.07, 6.45) is -1.33. The predicted octanol–water partition coefficient (Wildman–Crippen LogP) is 0.641. The van der Waals surface area contributed by atoms with Crippen molar-refractivity contribution >= 4 is 11.7 Å². The first-order chi connectivity index (χ1) is 6.70. The van der Waals surface area contributed by atoms with E-state index in [-0.39, 0.29) is 5.92 Å². The zero-order chi connectivity index (χ0) is 10.1. The number of aliphatic hydroxyl groups is 1. The van der Waals surface area contributed by atoms with Gasteiger partial charge >= 0.3 is 5.97 Å². The van der Waals surface area contributed by atoms with E-state index in [1.54, 1.807) is 0 Å². The molecule has 0 spiro atoms. The Hall–Kier alpha value is -1.55. The van der Waals surface area contributed by atoms with Crippen LogP contribution in [0.15, 0.2) is 24.3 Å². The van der Waals surface area contributed by atoms with Crippen molar-refractivity contribution in [2.24, 2.45) is 0 Å². The highest BCUT2D eigenvalue weighted by Gasteiger charge is 2.32. The lowest BCUT2D eigenvalue weighted by molar-refractivity contribution is -0.147. The fourth-order valence-corrected chi connectivity index (χ4v) is 1.77. The molecule has 1 heterocycles. The minimum atomic E-state index is -1.33. The molecule has 2 atom stereocenters. The summed E-state index contributed by atoms with van der Waals surface area (Å²) in [5.41, 5.74) is 1.79. The number of aliphatic carboxylic acids is 1. The van der Waals surface area contributed by atoms with Gasteiger partial charge in [0.05, 0.1) is 0 Å². The number of hydrogen-bond acceptors (Lipinski definition) is 3. The van der Waals surface area contributed by atoms with Gasteiger partial charge in [-0.2, -0.15) is 0 Å². The van der Waals surface area contributed by atoms with E-state index in [9.17, 15) is 9.90 Å². The Bertz CT molecular complexity index is 364. The van der Waals surface area contributed by atoms with Crippen molar-refractivity contribution in [3.05, 3.63) is 29.8 Å². The van der Waals surface area contributed by atoms with Crippen molar-refractivity contribution in [3.8, 4) is 0 Å². The number of carbonyl (C=O) groups is 1. The number of nitrogens with one attached hydrogen (secondary N) is 1. The number of benzene rings is 1. The number of rotatable bonds is 2. The third-order valence-electron chi connectivity index (χ3n) is 2.51. The summed E-state index contributed by atoms with van der Waals surface area (Å²) in [7, 11) is 0. The standard InChI is InChI=1S/C10H11NO3/c12-9(10(13)14)7-5-11-8-4-2-1-3-6(7)8/h1-4,7,9,11-12H,5H2,(H,13,14). The lowest BCUT2D eigenvalue weighted by Crippen LogP contribution is -2.28. The van der Waals surface area contributed by atoms with Crippen LogP contribution in [0, 0.1) is 0 Å². The molecule has 74 valence electrons. The van der Waals surface area contributed by atoms with Gasteiger partial charge in [-0.05, 0) is 11.6 Å². The van der Waals surface area contributed by atoms with Crippen LogP contribution in [0.1, 0.15) is 11.5 Å². The number of hydrogen-bond donors (Lipinski definition) is 3. The Morgan fingerprint density at radius 2 is 2.21 bits per heavy atom. The smallest absolute Gasteiger partial charge is 0.333 e. The molecule has 0 amide bonds. The van der Waals surface area contributed by atoms with Gasteiger partial charge in [0, 0.05) is 18.2 Å². The summed E-state index contributed by atoms with van der Waals surface area (Å²) in [4.78, 5) is 10.6. The molecular weight excluding hydrogens is 182 g/mol. The second kappa shape index (κ2) is 3.31. The number of para-hydroxylation sites is 1. The molecule has 0 fully saturated rings. The molecule has 1 aliphatic heterocycles. The maximum absolute atomic E-state index is 10.6. The highest BCUT2D eigenvalue weighted by molar-refractivity contribution is 5.75. The maximum atomic E-state index is 10.6. The molecule has 0 aromatic heterocycles. The van der Waals surface area contributed by atoms with Gasteiger partial charge in [-0.3, -0.25) is 0 Å². The van der Waals surface area contributed by atoms with Crippen LogP contribution in [0.3, 0.4) is 0 Å². The number of carboxylic acid groups (broad SMARTS) is 1. The van der Waals surface area contributed by atoms with Crippen LogP contribution in [0.4, 0.5) is 5.69 Å². The largest absolute Gasteiger partial charge is 0.479 e. The molecule has 0 aliphatic carbocycles. The molecule has 0 saturated carbocycles. The second-order valence-electron chi connectivity index (χ2n) is 3.36. The number of fused-ring (bicyclic) bond motifs is 1. The fraction of sp³-hybridized carbons (Fsp3) is 0.300. The summed E-state index contributed by atoms with van der Waals surface area (Å²) in [6, 6.07) is 7.44. The van der Waals surface area contributed by atoms with E-state index in [1.165, 1.54) is 0 Å². The predicted molar refractivity (Wildman–Crippen MR) is 51.3 cm³/mol. The van der Waals surface area contributed by atoms with Crippen molar-refractivity contribution in [1.29, 1.82) is 0 Å². The third-order valence-corrected chi connectivity index (χ3v) is 2.51. The summed E-state index contributed by atoms with van der Waals surface area (Å²) < 4.78 is 0. The zero-order valence-electron chi connectivity index (χ0n) is 7.47. The van der Waals surface area contributed by atoms with E-state index in [4.69, 9.17) is 5.11 Å². The molecule has 0 saturated heterocycles. The molecule has 3 N–H and O–H groups in total. The van der Waals surface area contributed by atoms with Crippen LogP contribution in [0.25, 0.3) is 0 Å². The Balaban J connectivity index is 2.30. The van der Waals surface area contributed by atoms with Crippen molar-refractivity contribution in [2.75, 3.05) is 11.9 Å². The van der Waals surface area contributed by atoms with Gasteiger partial charge in [0.15, 0.2) is 6.10 Å². The molecule has 0 bridgehead atoms. The summed E-state index contributed by atoms with van der Waals surface area (Å²) >= 11 is 0. The van der Waals surface area contributed by atoms with Crippen LogP contribution >= 0.6 is 0 Å². The monoisotopic (exact) mass is 193 g/mol. The molecule has 1 aromatic carbocycles. The van der Waals surface area contributed by atoms with Crippen LogP contribution in [0.5, 0.6) is 0 Å². The van der Waals surface area contributed by atoms with E-state index in [0.29, 0.717) is 6.54 Å². The molecule has 0 radical (unpaired) electrons. The van der Waals surface area contributed by atoms with Crippen molar-refractivity contribution in [2.45, 2.75) is 12.0 Å². The lowest BCUT2D eigenvalue weighted by Gasteiger charge is -2.13. The topological polar surface area (TPSA) is 69.6 Å². The minimum absolute atomic E-state index is 0.344. The maximum Gasteiger partial charge on any atom is 0.333 e. The third kappa shape index (κ3) is 1.33. The fourth-order valence-electron chi connectivity index (χ4n) is 1.77. The van der Waals surface area contributed by atoms with Crippen LogP contribution < -0.4 is 5.32 Å². The SMILES string of the molecule is O=C(O)C(O)C1CNc2ccccc21. The van der Waals surface area contributed by atoms with Gasteiger partial charge < -0.3 is 15.5 Å². The van der Waals surface area contributed by atoms with Gasteiger partial charge in [-0.15, -0.1) is 0 Å². The van der Waals surface area contributed by atoms with E-state index in [0.717, 1.165) is 11.3 Å². The first kappa shape index (κ1) is 9.02. The van der Waals surface area contributed by atoms with Crippen LogP contribution in [0.2, 0.25) is 0 Å². The zero-order valence-corrected chi connectivity index (χ0v) is 7.47. The summed E-state index contributed by atoms with van der Waals surface area (Å²) in [5, 5.41) is 21.2. The van der Waals surface area contributed by atoms with E-state index in [2.05, 4.69) is 5.32 Å². The van der Waals surface area contributed by atoms with Crippen LogP contribution in [-0.4, -0.2) is 28.8 Å². The average molecular weight is 193 g/mol. The Morgan fingerprint density at radius 1 is 1.50 bits per heavy atom. The highest BCUT2D eigenvalue weighted by atomic mass is 16.4. The number of carboxylic acids is 1. The number of aliphatic hydroxyl groups excluding tert-OH is 1. The molecular formula is C10H11NO3. The van der Waals surface area contributed by atoms with E-state index in [1.807, 2.05) is 24.3 Å². The minimum Gasteiger partial charge on any atom is -0.479 e. The Morgan fingerprint density at radius 3 is 2.93 bits per heavy atom. The lowest BCUT2D eigenvalue weighted by atomic mass is 9.96. The number of anilines is 1. The average Bonchev–Trinajstić information content (AvgIpc) is 2.60. The first-order valence-corrected chi connectivity index (χ1v) is 4.44. The molecule has 2 unspecified atom stereocenters. The van der Waals surface area contributed by atoms with Crippen molar-refractivity contribution in [1.82, 2.24) is 0 Å². The van der Waals surface area contributed by atoms with E-state index >= 15 is 0 Å². The van der Waals surface area contributed by atoms with Crippen molar-refractivity contribution < 1.29 is 15.0 Å². The van der Waals surface area contributed by atoms with Gasteiger partial charge in [0.25, 0.3) is 0 Å². The Labute approximate surface area is 81.2 Å². The second-order valence-corrected chi connectivity index (χ2v) is 3.36. The van der Waals surface area contributed by atoms with Gasteiger partial charge in [-0.1, -0.05) is 18.2 Å². The molecule has 4 heteroatoms. The normalized spacial score (nSPS) is 21.1. The van der Waals surface area contributed by atoms with Gasteiger partial charge in [-0.25, -0.2) is 4.79 Å². The highest BCUT2D eigenvalue weighted by Crippen LogP contribution is 2.33. The molecule has 1 aliphatic rings. The van der Waals surface area contributed by atoms with Gasteiger partial charge in [0.1, 0.15) is 0 Å². The Kier molecular flexibility index (Phi) is 2.13. The van der Waals surface area contributed by atoms with Gasteiger partial charge in [0.2, 0.25) is 0 Å².